The normalized spacial score (nSPS) is 26.8. The number of ketones is 4. The molecule has 1 saturated carbocycles. The number of aliphatic hydroxyl groups excluding tert-OH is 5. The Morgan fingerprint density at radius 2 is 0.876 bits per heavy atom. The van der Waals surface area contributed by atoms with Gasteiger partial charge in [0.05, 0.1) is 53.0 Å². The molecule has 0 radical (unpaired) electrons. The van der Waals surface area contributed by atoms with Gasteiger partial charge >= 0.3 is 0 Å². The summed E-state index contributed by atoms with van der Waals surface area (Å²) in [7, 11) is 4.23. The molecule has 6 heterocycles. The summed E-state index contributed by atoms with van der Waals surface area (Å²) in [4.78, 5) is 51.7. The zero-order valence-corrected chi connectivity index (χ0v) is 55.2. The lowest BCUT2D eigenvalue weighted by Gasteiger charge is -2.50. The molecule has 105 heavy (non-hydrogen) atoms. The predicted octanol–water partition coefficient (Wildman–Crippen LogP) is 5.76. The molecule has 1 saturated heterocycles. The number of ether oxygens (including phenoxy) is 10. The molecule has 17 rings (SSSR count). The fourth-order valence-corrected chi connectivity index (χ4v) is 15.1. The third kappa shape index (κ3) is 11.8. The van der Waals surface area contributed by atoms with E-state index in [-0.39, 0.29) is 128 Å². The number of Topliss-reactive ketones (excluding diaryl/α,β-unsaturated/α-hetero) is 4. The predicted molar refractivity (Wildman–Crippen MR) is 355 cm³/mol. The van der Waals surface area contributed by atoms with Crippen LogP contribution in [0, 0.1) is 17.8 Å². The Kier molecular flexibility index (Phi) is 17.9. The summed E-state index contributed by atoms with van der Waals surface area (Å²) >= 11 is 0. The van der Waals surface area contributed by atoms with E-state index in [1.807, 2.05) is 0 Å². The Hall–Kier alpha value is -11.9. The van der Waals surface area contributed by atoms with Crippen molar-refractivity contribution in [1.82, 2.24) is 0 Å². The number of fused-ring (bicyclic) bond motifs is 5. The molecule has 546 valence electrons. The first-order valence-corrected chi connectivity index (χ1v) is 32.5. The van der Waals surface area contributed by atoms with E-state index in [4.69, 9.17) is 47.4 Å². The lowest BCUT2D eigenvalue weighted by molar-refractivity contribution is -0.206. The SMILES string of the molecule is COc1cc([C@@H]2Oc3c(O)cc([C@H]4Oc5cc(O)cc(O)c5C(=O)[C@@H]4O)cc3[C@H]2CO)ccc1O.COc1cc([C@@H]2[C@H]3CO[C@@]4(O)C(=O)[C@@H]2C=C([C@H]2Oc5cc(O)cc(O)c5C(=O)[C@@H]2O)[C@@H]34)ccc1O.COc1cc([C@H]2Oc3cc([C@H]4Oc5cc(O)cc(O)c5C(=O)[C@@H]4O)ccc3O[C@@H]2CO)ccc1O. The first-order valence-electron chi connectivity index (χ1n) is 32.5. The fraction of sp³-hybridized carbons (Fsp3) is 0.280. The van der Waals surface area contributed by atoms with Gasteiger partial charge in [0, 0.05) is 65.3 Å². The molecule has 30 heteroatoms. The standard InChI is InChI=1S/3C25H22O10/c1-33-16-4-9(2-3-14(16)27)18-11-7-12(20-13(18)8-34-25(20,32)24(11)31)23-22(30)21(29)19-15(28)5-10(26)6-17(19)35-23;1-32-17-6-11(2-4-14(17)28)24-20(10-26)33-16-5-3-12(7-18(16)34-24)25-23(31)22(30)21-15(29)8-13(27)9-19(21)35-25;1-33-18-6-10(2-3-15(18)28)23-14(9-26)13-4-11(5-17(30)25(13)35-23)24-22(32)21(31)20-16(29)7-12(27)8-19(20)34-24/h2-7,11,13,18,20,22-23,26-28,30,32H,8H2,1H3;2-9,20,23-29,31H,10H2,1H3;2-8,14,22-24,26-30,32H,9H2,1H3/t11-,13-,18+,20+,22+,23-,25-;20-,23+,24-,25-;14-,22+,23+,24-/m111/s1. The Morgan fingerprint density at radius 3 is 1.38 bits per heavy atom. The number of carbonyl (C=O) groups is 4. The number of aromatic hydroxyl groups is 10. The van der Waals surface area contributed by atoms with Gasteiger partial charge in [-0.3, -0.25) is 19.2 Å². The van der Waals surface area contributed by atoms with Crippen LogP contribution in [0.3, 0.4) is 0 Å². The van der Waals surface area contributed by atoms with E-state index in [0.717, 1.165) is 30.3 Å². The number of benzene rings is 8. The van der Waals surface area contributed by atoms with Crippen molar-refractivity contribution in [2.45, 2.75) is 72.6 Å². The van der Waals surface area contributed by atoms with Gasteiger partial charge in [-0.2, -0.15) is 0 Å². The molecule has 30 nitrogen and oxygen atoms in total. The number of allylic oxidation sites excluding steroid dienone is 1. The highest BCUT2D eigenvalue weighted by Crippen LogP contribution is 2.62. The van der Waals surface area contributed by atoms with Crippen LogP contribution >= 0.6 is 0 Å². The van der Waals surface area contributed by atoms with Gasteiger partial charge in [0.15, 0.2) is 112 Å². The maximum Gasteiger partial charge on any atom is 0.234 e. The molecule has 0 unspecified atom stereocenters. The van der Waals surface area contributed by atoms with E-state index in [0.29, 0.717) is 39.1 Å². The third-order valence-corrected chi connectivity index (χ3v) is 19.9. The van der Waals surface area contributed by atoms with Crippen molar-refractivity contribution in [3.05, 3.63) is 183 Å². The van der Waals surface area contributed by atoms with Crippen LogP contribution in [-0.4, -0.2) is 182 Å². The van der Waals surface area contributed by atoms with E-state index in [9.17, 15) is 101 Å². The van der Waals surface area contributed by atoms with Crippen molar-refractivity contribution < 1.29 is 148 Å². The van der Waals surface area contributed by atoms with Crippen molar-refractivity contribution in [2.24, 2.45) is 17.8 Å². The number of carbonyl (C=O) groups excluding carboxylic acids is 4. The fourth-order valence-electron chi connectivity index (χ4n) is 15.1. The number of aliphatic hydroxyl groups is 6. The second-order valence-corrected chi connectivity index (χ2v) is 26.0. The topological polar surface area (TPSA) is 484 Å². The second-order valence-electron chi connectivity index (χ2n) is 26.0. The van der Waals surface area contributed by atoms with Crippen LogP contribution in [0.15, 0.2) is 133 Å². The van der Waals surface area contributed by atoms with E-state index in [1.54, 1.807) is 66.7 Å². The van der Waals surface area contributed by atoms with Gasteiger partial charge in [0.1, 0.15) is 74.5 Å². The van der Waals surface area contributed by atoms with E-state index >= 15 is 0 Å². The Morgan fingerprint density at radius 1 is 0.429 bits per heavy atom. The Labute approximate surface area is 592 Å². The van der Waals surface area contributed by atoms with Gasteiger partial charge < -0.3 is 129 Å². The molecule has 8 aromatic rings. The zero-order chi connectivity index (χ0) is 74.7. The van der Waals surface area contributed by atoms with Gasteiger partial charge in [-0.25, -0.2) is 0 Å². The van der Waals surface area contributed by atoms with Crippen LogP contribution in [-0.2, 0) is 9.53 Å². The minimum Gasteiger partial charge on any atom is -0.508 e. The van der Waals surface area contributed by atoms with Gasteiger partial charge in [-0.05, 0) is 88.5 Å². The zero-order valence-electron chi connectivity index (χ0n) is 55.2. The van der Waals surface area contributed by atoms with Crippen molar-refractivity contribution in [1.29, 1.82) is 0 Å². The van der Waals surface area contributed by atoms with Crippen LogP contribution in [0.5, 0.6) is 109 Å². The molecular formula is C75H66O30. The molecule has 6 aliphatic heterocycles. The number of hydrogen-bond donors (Lipinski definition) is 16. The van der Waals surface area contributed by atoms with Crippen LogP contribution in [0.2, 0.25) is 0 Å². The molecule has 0 amide bonds. The smallest absolute Gasteiger partial charge is 0.234 e. The number of hydrogen-bond acceptors (Lipinski definition) is 30. The van der Waals surface area contributed by atoms with Crippen molar-refractivity contribution in [2.75, 3.05) is 41.2 Å². The van der Waals surface area contributed by atoms with E-state index < -0.39 is 131 Å². The lowest BCUT2D eigenvalue weighted by Crippen LogP contribution is -2.60. The quantitative estimate of drug-likeness (QED) is 0.0684. The summed E-state index contributed by atoms with van der Waals surface area (Å²) in [5, 5.41) is 164. The molecule has 8 aromatic carbocycles. The van der Waals surface area contributed by atoms with E-state index in [2.05, 4.69) is 0 Å². The summed E-state index contributed by atoms with van der Waals surface area (Å²) in [6.07, 6.45) is -9.34. The lowest BCUT2D eigenvalue weighted by atomic mass is 9.55. The molecule has 0 spiro atoms. The molecule has 3 aliphatic carbocycles. The molecule has 15 atom stereocenters. The second kappa shape index (κ2) is 26.7. The maximum atomic E-state index is 13.3. The molecule has 0 aromatic heterocycles. The van der Waals surface area contributed by atoms with Crippen LogP contribution < -0.4 is 42.6 Å². The number of phenols is 10. The highest BCUT2D eigenvalue weighted by molar-refractivity contribution is 6.07. The number of methoxy groups -OCH3 is 3. The average Bonchev–Trinajstić information content (AvgIpc) is 1.58. The summed E-state index contributed by atoms with van der Waals surface area (Å²) in [6.45, 7) is -0.664. The van der Waals surface area contributed by atoms with Crippen LogP contribution in [0.25, 0.3) is 0 Å². The first kappa shape index (κ1) is 70.2. The largest absolute Gasteiger partial charge is 0.508 e. The van der Waals surface area contributed by atoms with Gasteiger partial charge in [-0.1, -0.05) is 30.3 Å². The molecule has 4 bridgehead atoms. The molecule has 2 fully saturated rings. The minimum atomic E-state index is -2.13. The van der Waals surface area contributed by atoms with Gasteiger partial charge in [-0.15, -0.1) is 0 Å². The Bertz CT molecular complexity index is 4910. The first-order chi connectivity index (χ1) is 50.2. The van der Waals surface area contributed by atoms with Crippen molar-refractivity contribution in [3.63, 3.8) is 0 Å². The van der Waals surface area contributed by atoms with Crippen LogP contribution in [0.1, 0.15) is 101 Å². The van der Waals surface area contributed by atoms with Gasteiger partial charge in [0.25, 0.3) is 0 Å². The maximum absolute atomic E-state index is 13.3. The highest BCUT2D eigenvalue weighted by Gasteiger charge is 2.69. The van der Waals surface area contributed by atoms with Crippen LogP contribution in [0.4, 0.5) is 0 Å². The number of phenolic OH excluding ortho intramolecular Hbond substituents is 10. The van der Waals surface area contributed by atoms with E-state index in [1.165, 1.54) is 51.7 Å². The summed E-state index contributed by atoms with van der Waals surface area (Å²) < 4.78 is 56.6. The molecule has 9 aliphatic rings. The monoisotopic (exact) mass is 1450 g/mol. The third-order valence-electron chi connectivity index (χ3n) is 19.9. The summed E-state index contributed by atoms with van der Waals surface area (Å²) in [5.74, 6) is -10.1. The van der Waals surface area contributed by atoms with Crippen molar-refractivity contribution in [3.8, 4) is 109 Å². The number of rotatable bonds is 11. The minimum absolute atomic E-state index is 0.0452. The molecule has 16 N–H and O–H groups in total. The summed E-state index contributed by atoms with van der Waals surface area (Å²) in [6, 6.07) is 28.0. The Balaban J connectivity index is 0.000000133. The van der Waals surface area contributed by atoms with Crippen molar-refractivity contribution >= 4 is 23.1 Å². The van der Waals surface area contributed by atoms with Gasteiger partial charge in [0.2, 0.25) is 23.1 Å². The average molecular weight is 1450 g/mol. The molecular weight excluding hydrogens is 1380 g/mol. The summed E-state index contributed by atoms with van der Waals surface area (Å²) in [5.41, 5.74) is 2.52. The highest BCUT2D eigenvalue weighted by atomic mass is 16.6.